The molecule has 1 atom stereocenters. The average Bonchev–Trinajstić information content (AvgIpc) is 3.15. The van der Waals surface area contributed by atoms with Gasteiger partial charge in [0.25, 0.3) is 5.91 Å². The number of nitrogens with one attached hydrogen (secondary N) is 2. The van der Waals surface area contributed by atoms with Gasteiger partial charge in [-0.05, 0) is 35.9 Å². The molecule has 0 aliphatic carbocycles. The maximum absolute atomic E-state index is 12.8. The van der Waals surface area contributed by atoms with Gasteiger partial charge in [0.2, 0.25) is 0 Å². The lowest BCUT2D eigenvalue weighted by Gasteiger charge is -2.14. The number of H-pyrrole nitrogens is 1. The van der Waals surface area contributed by atoms with Gasteiger partial charge in [-0.15, -0.1) is 0 Å². The lowest BCUT2D eigenvalue weighted by Crippen LogP contribution is -2.28. The van der Waals surface area contributed by atoms with E-state index in [9.17, 15) is 28.2 Å². The summed E-state index contributed by atoms with van der Waals surface area (Å²) < 4.78 is 38.3. The number of alkyl halides is 3. The fraction of sp³-hybridized carbons (Fsp3) is 0.158. The van der Waals surface area contributed by atoms with Crippen molar-refractivity contribution in [3.8, 4) is 17.0 Å². The summed E-state index contributed by atoms with van der Waals surface area (Å²) in [5.41, 5.74) is 0.0175. The predicted molar refractivity (Wildman–Crippen MR) is 94.4 cm³/mol. The summed E-state index contributed by atoms with van der Waals surface area (Å²) in [6, 6.07) is 12.2. The minimum atomic E-state index is -4.52. The Kier molecular flexibility index (Phi) is 5.36. The molecular weight excluding hydrogens is 375 g/mol. The number of carbonyl (C=O) groups excluding carboxylic acids is 1. The number of nitrogens with zero attached hydrogens (tertiary/aromatic N) is 1. The summed E-state index contributed by atoms with van der Waals surface area (Å²) >= 11 is 0. The third kappa shape index (κ3) is 4.32. The largest absolute Gasteiger partial charge is 0.507 e. The normalized spacial score (nSPS) is 12.6. The number of aromatic nitrogens is 2. The van der Waals surface area contributed by atoms with E-state index in [1.165, 1.54) is 24.3 Å². The molecule has 0 fully saturated rings. The van der Waals surface area contributed by atoms with Gasteiger partial charge in [-0.1, -0.05) is 24.3 Å². The van der Waals surface area contributed by atoms with Crippen molar-refractivity contribution in [2.45, 2.75) is 12.3 Å². The number of phenolic OH excluding ortho intramolecular Hbond substituents is 1. The van der Waals surface area contributed by atoms with E-state index in [1.54, 1.807) is 18.2 Å². The molecule has 1 heterocycles. The SMILES string of the molecule is O=C(NC[C@H](O)c1cccc(C(F)(F)F)c1)c1cc(-c2ccccc2O)n[nH]1. The fourth-order valence-electron chi connectivity index (χ4n) is 2.59. The van der Waals surface area contributed by atoms with Crippen LogP contribution in [0.1, 0.15) is 27.7 Å². The number of halogens is 3. The van der Waals surface area contributed by atoms with Crippen LogP contribution in [0.5, 0.6) is 5.75 Å². The molecule has 0 aliphatic rings. The second-order valence-corrected chi connectivity index (χ2v) is 6.03. The van der Waals surface area contributed by atoms with Crippen LogP contribution in [0.3, 0.4) is 0 Å². The molecule has 0 saturated carbocycles. The van der Waals surface area contributed by atoms with E-state index in [0.717, 1.165) is 12.1 Å². The van der Waals surface area contributed by atoms with Crippen LogP contribution < -0.4 is 5.32 Å². The Labute approximate surface area is 157 Å². The first kappa shape index (κ1) is 19.4. The molecule has 4 N–H and O–H groups in total. The first-order chi connectivity index (χ1) is 13.3. The topological polar surface area (TPSA) is 98.2 Å². The zero-order valence-electron chi connectivity index (χ0n) is 14.4. The average molecular weight is 391 g/mol. The molecule has 1 amide bonds. The van der Waals surface area contributed by atoms with Crippen molar-refractivity contribution in [1.29, 1.82) is 0 Å². The van der Waals surface area contributed by atoms with Crippen molar-refractivity contribution in [3.05, 3.63) is 71.4 Å². The molecule has 0 radical (unpaired) electrons. The Morgan fingerprint density at radius 1 is 1.14 bits per heavy atom. The number of para-hydroxylation sites is 1. The molecule has 6 nitrogen and oxygen atoms in total. The van der Waals surface area contributed by atoms with E-state index in [1.807, 2.05) is 0 Å². The standard InChI is InChI=1S/C19H16F3N3O3/c20-19(21,22)12-5-3-4-11(8-12)17(27)10-23-18(28)15-9-14(24-25-15)13-6-1-2-7-16(13)26/h1-9,17,26-27H,10H2,(H,23,28)(H,24,25)/t17-/m0/s1. The molecule has 0 unspecified atom stereocenters. The Morgan fingerprint density at radius 3 is 2.61 bits per heavy atom. The van der Waals surface area contributed by atoms with Crippen LogP contribution in [0.15, 0.2) is 54.6 Å². The van der Waals surface area contributed by atoms with E-state index >= 15 is 0 Å². The van der Waals surface area contributed by atoms with Gasteiger partial charge in [0.05, 0.1) is 17.4 Å². The highest BCUT2D eigenvalue weighted by Crippen LogP contribution is 2.31. The van der Waals surface area contributed by atoms with Gasteiger partial charge in [0.15, 0.2) is 0 Å². The molecule has 0 bridgehead atoms. The van der Waals surface area contributed by atoms with Gasteiger partial charge in [-0.2, -0.15) is 18.3 Å². The van der Waals surface area contributed by atoms with E-state index in [-0.39, 0.29) is 23.6 Å². The van der Waals surface area contributed by atoms with Crippen LogP contribution in [0.2, 0.25) is 0 Å². The number of aliphatic hydroxyl groups excluding tert-OH is 1. The summed E-state index contributed by atoms with van der Waals surface area (Å²) in [4.78, 5) is 12.2. The zero-order valence-corrected chi connectivity index (χ0v) is 14.4. The number of benzene rings is 2. The Bertz CT molecular complexity index is 986. The Morgan fingerprint density at radius 2 is 1.89 bits per heavy atom. The van der Waals surface area contributed by atoms with Crippen molar-refractivity contribution in [3.63, 3.8) is 0 Å². The maximum atomic E-state index is 12.8. The van der Waals surface area contributed by atoms with Crippen LogP contribution in [0.25, 0.3) is 11.3 Å². The van der Waals surface area contributed by atoms with E-state index in [2.05, 4.69) is 15.5 Å². The van der Waals surface area contributed by atoms with Crippen LogP contribution >= 0.6 is 0 Å². The number of aromatic hydroxyl groups is 1. The number of carbonyl (C=O) groups is 1. The number of aliphatic hydroxyl groups is 1. The van der Waals surface area contributed by atoms with Crippen molar-refractivity contribution >= 4 is 5.91 Å². The lowest BCUT2D eigenvalue weighted by molar-refractivity contribution is -0.137. The molecule has 0 spiro atoms. The lowest BCUT2D eigenvalue weighted by atomic mass is 10.1. The number of hydrogen-bond donors (Lipinski definition) is 4. The third-order valence-corrected chi connectivity index (χ3v) is 4.06. The Balaban J connectivity index is 1.66. The second kappa shape index (κ2) is 7.73. The number of aromatic amines is 1. The molecular formula is C19H16F3N3O3. The zero-order chi connectivity index (χ0) is 20.3. The summed E-state index contributed by atoms with van der Waals surface area (Å²) in [5.74, 6) is -0.596. The smallest absolute Gasteiger partial charge is 0.416 e. The quantitative estimate of drug-likeness (QED) is 0.537. The van der Waals surface area contributed by atoms with Crippen molar-refractivity contribution < 1.29 is 28.2 Å². The summed E-state index contributed by atoms with van der Waals surface area (Å²) in [6.07, 6.45) is -5.83. The third-order valence-electron chi connectivity index (χ3n) is 4.06. The van der Waals surface area contributed by atoms with E-state index in [0.29, 0.717) is 11.3 Å². The summed E-state index contributed by atoms with van der Waals surface area (Å²) in [7, 11) is 0. The number of phenols is 1. The van der Waals surface area contributed by atoms with Gasteiger partial charge in [-0.3, -0.25) is 9.89 Å². The number of rotatable bonds is 5. The molecule has 2 aromatic carbocycles. The van der Waals surface area contributed by atoms with Crippen molar-refractivity contribution in [1.82, 2.24) is 15.5 Å². The van der Waals surface area contributed by atoms with Gasteiger partial charge in [-0.25, -0.2) is 0 Å². The summed E-state index contributed by atoms with van der Waals surface area (Å²) in [6.45, 7) is -0.287. The predicted octanol–water partition coefficient (Wildman–Crippen LogP) is 3.26. The molecule has 0 saturated heterocycles. The van der Waals surface area contributed by atoms with E-state index in [4.69, 9.17) is 0 Å². The minimum Gasteiger partial charge on any atom is -0.507 e. The molecule has 0 aliphatic heterocycles. The van der Waals surface area contributed by atoms with Gasteiger partial charge in [0.1, 0.15) is 11.4 Å². The van der Waals surface area contributed by atoms with Gasteiger partial charge in [0, 0.05) is 12.1 Å². The van der Waals surface area contributed by atoms with Gasteiger partial charge >= 0.3 is 6.18 Å². The first-order valence-corrected chi connectivity index (χ1v) is 8.23. The number of hydrogen-bond acceptors (Lipinski definition) is 4. The molecule has 9 heteroatoms. The van der Waals surface area contributed by atoms with Crippen molar-refractivity contribution in [2.24, 2.45) is 0 Å². The Hall–Kier alpha value is -3.33. The molecule has 28 heavy (non-hydrogen) atoms. The van der Waals surface area contributed by atoms with Crippen LogP contribution in [-0.2, 0) is 6.18 Å². The highest BCUT2D eigenvalue weighted by atomic mass is 19.4. The maximum Gasteiger partial charge on any atom is 0.416 e. The van der Waals surface area contributed by atoms with Crippen LogP contribution in [-0.4, -0.2) is 32.9 Å². The highest BCUT2D eigenvalue weighted by molar-refractivity contribution is 5.93. The van der Waals surface area contributed by atoms with Crippen LogP contribution in [0, 0.1) is 0 Å². The summed E-state index contributed by atoms with van der Waals surface area (Å²) in [5, 5.41) is 28.8. The molecule has 3 aromatic rings. The monoisotopic (exact) mass is 391 g/mol. The second-order valence-electron chi connectivity index (χ2n) is 6.03. The molecule has 146 valence electrons. The molecule has 3 rings (SSSR count). The highest BCUT2D eigenvalue weighted by Gasteiger charge is 2.30. The molecule has 1 aromatic heterocycles. The first-order valence-electron chi connectivity index (χ1n) is 8.23. The minimum absolute atomic E-state index is 0.000858. The van der Waals surface area contributed by atoms with E-state index < -0.39 is 23.8 Å². The van der Waals surface area contributed by atoms with Gasteiger partial charge < -0.3 is 15.5 Å². The van der Waals surface area contributed by atoms with Crippen molar-refractivity contribution in [2.75, 3.05) is 6.54 Å². The fourth-order valence-corrected chi connectivity index (χ4v) is 2.59. The number of amides is 1. The van der Waals surface area contributed by atoms with Crippen LogP contribution in [0.4, 0.5) is 13.2 Å².